The number of esters is 1. The highest BCUT2D eigenvalue weighted by Gasteiger charge is 2.48. The van der Waals surface area contributed by atoms with Crippen LogP contribution < -0.4 is 0 Å². The zero-order chi connectivity index (χ0) is 50.3. The third-order valence-electron chi connectivity index (χ3n) is 12.7. The zero-order valence-electron chi connectivity index (χ0n) is 43.6. The van der Waals surface area contributed by atoms with Crippen molar-refractivity contribution in [3.8, 4) is 0 Å². The van der Waals surface area contributed by atoms with Crippen LogP contribution in [0.4, 0.5) is 0 Å². The number of hydrogen-bond acceptors (Lipinski definition) is 11. The average Bonchev–Trinajstić information content (AvgIpc) is 3.32. The van der Waals surface area contributed by atoms with Gasteiger partial charge in [-0.1, -0.05) is 204 Å². The Morgan fingerprint density at radius 1 is 0.551 bits per heavy atom. The van der Waals surface area contributed by atoms with E-state index in [4.69, 9.17) is 18.9 Å². The fourth-order valence-corrected chi connectivity index (χ4v) is 8.95. The molecule has 1 heterocycles. The summed E-state index contributed by atoms with van der Waals surface area (Å²) in [5.41, 5.74) is 0. The van der Waals surface area contributed by atoms with Crippen LogP contribution in [-0.4, -0.2) is 97.5 Å². The first-order valence-corrected chi connectivity index (χ1v) is 29.3. The minimum absolute atomic E-state index is 0.0309. The predicted molar refractivity (Wildman–Crippen MR) is 280 cm³/mol. The Kier molecular flexibility index (Phi) is 44.4. The molecule has 1 aliphatic rings. The molecular formula is C56H102O12S. The molecule has 0 amide bonds. The molecule has 0 aromatic rings. The van der Waals surface area contributed by atoms with Gasteiger partial charge in [0, 0.05) is 13.0 Å². The highest BCUT2D eigenvalue weighted by molar-refractivity contribution is 7.80. The summed E-state index contributed by atoms with van der Waals surface area (Å²) in [4.78, 5) is 12.9. The topological polar surface area (TPSA) is 178 Å². The number of carbonyl (C=O) groups is 1. The van der Waals surface area contributed by atoms with Crippen LogP contribution in [0.25, 0.3) is 0 Å². The van der Waals surface area contributed by atoms with Crippen molar-refractivity contribution in [1.29, 1.82) is 0 Å². The summed E-state index contributed by atoms with van der Waals surface area (Å²) in [5, 5.41) is 30.8. The standard InChI is InChI=1S/C56H102O12S/c1-3-5-7-9-11-13-15-17-19-21-22-23-24-25-26-27-28-29-30-32-34-36-38-40-42-44-46-64-48-50(49-65-56-54(60)55(68-69(61,62)63)53(59)51(47-57)67-56)66-52(58)45-43-41-39-37-35-33-31-20-18-16-14-12-10-8-6-4-2/h15,17,20-22,24-25,31,50-51,53-57,59-60H,3-14,16,18-19,23,26-30,32-49H2,1-2H3,(H,61,62,63)/b17-15-,22-21-,25-24-,31-20-. The molecule has 1 fully saturated rings. The molecule has 69 heavy (non-hydrogen) atoms. The maximum Gasteiger partial charge on any atom is 0.397 e. The first-order valence-electron chi connectivity index (χ1n) is 27.9. The van der Waals surface area contributed by atoms with Crippen molar-refractivity contribution >= 4 is 16.4 Å². The second-order valence-electron chi connectivity index (χ2n) is 19.2. The van der Waals surface area contributed by atoms with Gasteiger partial charge >= 0.3 is 16.4 Å². The molecular weight excluding hydrogens is 897 g/mol. The van der Waals surface area contributed by atoms with E-state index in [2.05, 4.69) is 66.6 Å². The number of allylic oxidation sites excluding steroid dienone is 8. The summed E-state index contributed by atoms with van der Waals surface area (Å²) < 4.78 is 59.3. The van der Waals surface area contributed by atoms with Gasteiger partial charge in [0.15, 0.2) is 6.29 Å². The Labute approximate surface area is 421 Å². The van der Waals surface area contributed by atoms with E-state index in [0.29, 0.717) is 13.0 Å². The van der Waals surface area contributed by atoms with Gasteiger partial charge < -0.3 is 34.3 Å². The van der Waals surface area contributed by atoms with Crippen molar-refractivity contribution in [1.82, 2.24) is 0 Å². The van der Waals surface area contributed by atoms with Gasteiger partial charge in [-0.05, 0) is 77.0 Å². The third kappa shape index (κ3) is 40.3. The zero-order valence-corrected chi connectivity index (χ0v) is 44.4. The highest BCUT2D eigenvalue weighted by Crippen LogP contribution is 2.26. The number of unbranched alkanes of at least 4 members (excludes halogenated alkanes) is 28. The highest BCUT2D eigenvalue weighted by atomic mass is 32.3. The molecule has 404 valence electrons. The van der Waals surface area contributed by atoms with Crippen molar-refractivity contribution in [2.75, 3.05) is 26.4 Å². The summed E-state index contributed by atoms with van der Waals surface area (Å²) in [6.45, 7) is 3.99. The molecule has 12 nitrogen and oxygen atoms in total. The third-order valence-corrected chi connectivity index (χ3v) is 13.1. The number of hydrogen-bond donors (Lipinski definition) is 4. The number of carbonyl (C=O) groups excluding carboxylic acids is 1. The molecule has 0 saturated carbocycles. The minimum Gasteiger partial charge on any atom is -0.457 e. The predicted octanol–water partition coefficient (Wildman–Crippen LogP) is 13.5. The maximum atomic E-state index is 12.9. The van der Waals surface area contributed by atoms with Gasteiger partial charge in [-0.15, -0.1) is 0 Å². The van der Waals surface area contributed by atoms with Crippen molar-refractivity contribution in [3.05, 3.63) is 48.6 Å². The first kappa shape index (κ1) is 65.1. The second-order valence-corrected chi connectivity index (χ2v) is 20.2. The van der Waals surface area contributed by atoms with E-state index in [1.165, 1.54) is 141 Å². The Bertz CT molecular complexity index is 1380. The van der Waals surface area contributed by atoms with E-state index >= 15 is 0 Å². The molecule has 0 aliphatic carbocycles. The molecule has 0 aromatic carbocycles. The Morgan fingerprint density at radius 3 is 1.41 bits per heavy atom. The van der Waals surface area contributed by atoms with Crippen LogP contribution in [0.1, 0.15) is 239 Å². The average molecular weight is 999 g/mol. The molecule has 1 rings (SSSR count). The molecule has 13 heteroatoms. The Hall–Kier alpha value is -1.94. The van der Waals surface area contributed by atoms with E-state index < -0.39 is 59.8 Å². The summed E-state index contributed by atoms with van der Waals surface area (Å²) in [6, 6.07) is 0. The van der Waals surface area contributed by atoms with Gasteiger partial charge in [0.05, 0.1) is 19.8 Å². The van der Waals surface area contributed by atoms with Crippen LogP contribution in [0.15, 0.2) is 48.6 Å². The summed E-state index contributed by atoms with van der Waals surface area (Å²) in [5.74, 6) is -0.407. The van der Waals surface area contributed by atoms with Gasteiger partial charge in [0.25, 0.3) is 0 Å². The maximum absolute atomic E-state index is 12.9. The molecule has 6 unspecified atom stereocenters. The molecule has 0 bridgehead atoms. The quantitative estimate of drug-likeness (QED) is 0.0196. The molecule has 6 atom stereocenters. The van der Waals surface area contributed by atoms with E-state index in [1.54, 1.807) is 0 Å². The lowest BCUT2D eigenvalue weighted by molar-refractivity contribution is -0.301. The van der Waals surface area contributed by atoms with Crippen LogP contribution in [0.2, 0.25) is 0 Å². The van der Waals surface area contributed by atoms with Crippen LogP contribution in [0.5, 0.6) is 0 Å². The monoisotopic (exact) mass is 999 g/mol. The Morgan fingerprint density at radius 2 is 0.957 bits per heavy atom. The number of ether oxygens (including phenoxy) is 4. The van der Waals surface area contributed by atoms with Crippen LogP contribution in [0, 0.1) is 0 Å². The van der Waals surface area contributed by atoms with Gasteiger partial charge in [-0.25, -0.2) is 4.18 Å². The molecule has 1 saturated heterocycles. The second kappa shape index (κ2) is 47.1. The van der Waals surface area contributed by atoms with Crippen LogP contribution in [-0.2, 0) is 38.3 Å². The van der Waals surface area contributed by atoms with Gasteiger partial charge in [-0.2, -0.15) is 8.42 Å². The summed E-state index contributed by atoms with van der Waals surface area (Å²) in [7, 11) is -5.07. The lowest BCUT2D eigenvalue weighted by Crippen LogP contribution is -2.60. The van der Waals surface area contributed by atoms with Crippen molar-refractivity contribution in [2.24, 2.45) is 0 Å². The Balaban J connectivity index is 2.30. The fraction of sp³-hybridized carbons (Fsp3) is 0.839. The molecule has 1 aliphatic heterocycles. The van der Waals surface area contributed by atoms with E-state index in [-0.39, 0.29) is 19.6 Å². The number of aliphatic hydroxyl groups is 3. The van der Waals surface area contributed by atoms with Crippen LogP contribution >= 0.6 is 0 Å². The lowest BCUT2D eigenvalue weighted by Gasteiger charge is -2.41. The van der Waals surface area contributed by atoms with Gasteiger partial charge in [0.1, 0.15) is 30.5 Å². The molecule has 0 aromatic heterocycles. The molecule has 4 N–H and O–H groups in total. The van der Waals surface area contributed by atoms with Crippen LogP contribution in [0.3, 0.4) is 0 Å². The first-order chi connectivity index (χ1) is 33.6. The van der Waals surface area contributed by atoms with E-state index in [0.717, 1.165) is 70.6 Å². The van der Waals surface area contributed by atoms with Crippen molar-refractivity contribution < 1.29 is 56.2 Å². The summed E-state index contributed by atoms with van der Waals surface area (Å²) in [6.07, 6.45) is 50.0. The lowest BCUT2D eigenvalue weighted by atomic mass is 9.99. The summed E-state index contributed by atoms with van der Waals surface area (Å²) >= 11 is 0. The van der Waals surface area contributed by atoms with E-state index in [1.807, 2.05) is 0 Å². The number of aliphatic hydroxyl groups excluding tert-OH is 3. The number of rotatable bonds is 49. The van der Waals surface area contributed by atoms with Gasteiger partial charge in [0.2, 0.25) is 0 Å². The molecule has 0 radical (unpaired) electrons. The SMILES string of the molecule is CCCCCCC/C=C\C/C=C\C/C=C\CCCCCCCCCCCCCOCC(COC1OC(CO)C(O)C(OS(=O)(=O)O)C1O)OC(=O)CCCCCCC/C=C\CCCCCCCCC. The van der Waals surface area contributed by atoms with Crippen molar-refractivity contribution in [3.63, 3.8) is 0 Å². The normalized spacial score (nSPS) is 19.5. The largest absolute Gasteiger partial charge is 0.457 e. The smallest absolute Gasteiger partial charge is 0.397 e. The molecule has 0 spiro atoms. The van der Waals surface area contributed by atoms with Crippen molar-refractivity contribution in [2.45, 2.75) is 275 Å². The van der Waals surface area contributed by atoms with E-state index in [9.17, 15) is 33.1 Å². The minimum atomic E-state index is -5.07. The van der Waals surface area contributed by atoms with Gasteiger partial charge in [-0.3, -0.25) is 9.35 Å². The fourth-order valence-electron chi connectivity index (χ4n) is 8.44.